The number of hydrogen-bond donors (Lipinski definition) is 0. The van der Waals surface area contributed by atoms with Gasteiger partial charge in [0.2, 0.25) is 5.69 Å². The fourth-order valence-electron chi connectivity index (χ4n) is 5.74. The number of pyridine rings is 1. The van der Waals surface area contributed by atoms with Gasteiger partial charge in [-0.25, -0.2) is 0 Å². The molecule has 0 N–H and O–H groups in total. The molecule has 0 bridgehead atoms. The van der Waals surface area contributed by atoms with E-state index in [0.717, 1.165) is 79.0 Å². The fraction of sp³-hybridized carbons (Fsp3) is 0.364. The molecule has 2 heterocycles. The van der Waals surface area contributed by atoms with Crippen LogP contribution in [-0.2, 0) is 7.05 Å². The van der Waals surface area contributed by atoms with Crippen molar-refractivity contribution in [2.75, 3.05) is 0 Å². The molecule has 2 heteroatoms. The van der Waals surface area contributed by atoms with Gasteiger partial charge in [0.25, 0.3) is 0 Å². The van der Waals surface area contributed by atoms with Crippen LogP contribution in [0.1, 0.15) is 77.3 Å². The van der Waals surface area contributed by atoms with E-state index in [1.165, 1.54) is 0 Å². The molecule has 3 aromatic carbocycles. The molecule has 1 aliphatic carbocycles. The lowest BCUT2D eigenvalue weighted by atomic mass is 9.71. The summed E-state index contributed by atoms with van der Waals surface area (Å²) < 4.78 is 61.7. The first kappa shape index (κ1) is 16.1. The molecule has 178 valence electrons. The highest BCUT2D eigenvalue weighted by Gasteiger charge is 2.28. The molecule has 0 radical (unpaired) electrons. The van der Waals surface area contributed by atoms with E-state index >= 15 is 0 Å². The van der Waals surface area contributed by atoms with Crippen molar-refractivity contribution in [3.05, 3.63) is 77.0 Å². The third kappa shape index (κ3) is 3.87. The fourth-order valence-corrected chi connectivity index (χ4v) is 7.09. The molecule has 0 unspecified atom stereocenters. The van der Waals surface area contributed by atoms with Crippen molar-refractivity contribution < 1.29 is 14.2 Å². The highest BCUT2D eigenvalue weighted by atomic mass is 32.1. The van der Waals surface area contributed by atoms with Crippen molar-refractivity contribution >= 4 is 42.3 Å². The van der Waals surface area contributed by atoms with Crippen molar-refractivity contribution in [2.45, 2.75) is 66.1 Å². The Morgan fingerprint density at radius 3 is 2.54 bits per heavy atom. The Hall–Kier alpha value is -2.71. The summed E-state index contributed by atoms with van der Waals surface area (Å²) in [5, 5.41) is 3.70. The first-order valence-electron chi connectivity index (χ1n) is 15.9. The minimum atomic E-state index is -2.32. The molecule has 0 saturated heterocycles. The summed E-state index contributed by atoms with van der Waals surface area (Å²) in [6, 6.07) is 15.8. The quantitative estimate of drug-likeness (QED) is 0.219. The highest BCUT2D eigenvalue weighted by Crippen LogP contribution is 2.45. The smallest absolute Gasteiger partial charge is 0.200 e. The number of aryl methyl sites for hydroxylation is 4. The molecule has 0 aliphatic heterocycles. The summed E-state index contributed by atoms with van der Waals surface area (Å²) in [6.45, 7) is 1.95. The van der Waals surface area contributed by atoms with Crippen LogP contribution < -0.4 is 4.57 Å². The van der Waals surface area contributed by atoms with Crippen molar-refractivity contribution in [2.24, 2.45) is 12.5 Å². The zero-order valence-corrected chi connectivity index (χ0v) is 21.7. The Morgan fingerprint density at radius 1 is 0.971 bits per heavy atom. The Labute approximate surface area is 223 Å². The maximum Gasteiger partial charge on any atom is 0.230 e. The van der Waals surface area contributed by atoms with Gasteiger partial charge in [-0.3, -0.25) is 0 Å². The first-order valence-corrected chi connectivity index (χ1v) is 13.2. The zero-order chi connectivity index (χ0) is 30.4. The van der Waals surface area contributed by atoms with Gasteiger partial charge in [-0.05, 0) is 97.7 Å². The van der Waals surface area contributed by atoms with Gasteiger partial charge in [-0.15, -0.1) is 11.3 Å². The number of rotatable bonds is 2. The standard InChI is InChI=1S/C33H36NS/c1-20-7-10-27(21(2)15-20)31-32-30(22(3)19-34(31)6)28-17-26-16-24(8-9-25(26)18-29(28)35-32)23-11-13-33(4,5)14-12-23/h7-10,15-19,23H,11-14H2,1-6H3/q+1/i1D3,3D3,23D. The minimum absolute atomic E-state index is 0.272. The van der Waals surface area contributed by atoms with Gasteiger partial charge >= 0.3 is 0 Å². The topological polar surface area (TPSA) is 3.88 Å². The average molecular weight is 486 g/mol. The summed E-state index contributed by atoms with van der Waals surface area (Å²) in [5.41, 5.74) is 4.45. The third-order valence-corrected chi connectivity index (χ3v) is 9.06. The molecular formula is C33H36NS+. The maximum atomic E-state index is 9.30. The summed E-state index contributed by atoms with van der Waals surface area (Å²) in [7, 11) is 1.85. The predicted octanol–water partition coefficient (Wildman–Crippen LogP) is 9.31. The molecular weight excluding hydrogens is 442 g/mol. The Morgan fingerprint density at radius 2 is 1.80 bits per heavy atom. The number of fused-ring (bicyclic) bond motifs is 4. The van der Waals surface area contributed by atoms with Crippen LogP contribution in [0.4, 0.5) is 0 Å². The maximum absolute atomic E-state index is 9.30. The van der Waals surface area contributed by atoms with Crippen LogP contribution in [0.2, 0.25) is 0 Å². The van der Waals surface area contributed by atoms with Gasteiger partial charge in [-0.1, -0.05) is 49.7 Å². The molecule has 2 aromatic heterocycles. The number of thiophene rings is 1. The van der Waals surface area contributed by atoms with E-state index in [4.69, 9.17) is 8.22 Å². The van der Waals surface area contributed by atoms with Crippen LogP contribution in [0.15, 0.2) is 54.7 Å². The van der Waals surface area contributed by atoms with Crippen LogP contribution in [0.3, 0.4) is 0 Å². The largest absolute Gasteiger partial charge is 0.230 e. The molecule has 0 atom stereocenters. The molecule has 0 spiro atoms. The lowest BCUT2D eigenvalue weighted by Crippen LogP contribution is -2.31. The van der Waals surface area contributed by atoms with E-state index < -0.39 is 19.6 Å². The first-order chi connectivity index (χ1) is 19.5. The molecule has 1 nitrogen and oxygen atoms in total. The van der Waals surface area contributed by atoms with Crippen LogP contribution >= 0.6 is 11.3 Å². The second-order valence-electron chi connectivity index (χ2n) is 11.0. The molecule has 1 fully saturated rings. The number of aromatic nitrogens is 1. The predicted molar refractivity (Wildman–Crippen MR) is 153 cm³/mol. The number of nitrogens with zero attached hydrogens (tertiary/aromatic N) is 1. The Bertz CT molecular complexity index is 1870. The third-order valence-electron chi connectivity index (χ3n) is 7.90. The van der Waals surface area contributed by atoms with E-state index in [1.807, 2.05) is 24.6 Å². The average Bonchev–Trinajstić information content (AvgIpc) is 3.25. The van der Waals surface area contributed by atoms with Crippen LogP contribution in [0.25, 0.3) is 42.2 Å². The summed E-state index contributed by atoms with van der Waals surface area (Å²) in [6.07, 6.45) is 5.42. The van der Waals surface area contributed by atoms with Gasteiger partial charge in [0, 0.05) is 30.6 Å². The SMILES string of the molecule is [2H]C([2H])([2H])c1ccc(-c2c3sc4cc5ccc(C6([2H])CCC(C)(C)CC6)cc5cc4c3c(C([2H])([2H])[2H])c[n+]2C)c(C)c1. The normalized spacial score (nSPS) is 21.1. The van der Waals surface area contributed by atoms with Crippen molar-refractivity contribution in [1.29, 1.82) is 0 Å². The van der Waals surface area contributed by atoms with Crippen molar-refractivity contribution in [3.63, 3.8) is 0 Å². The van der Waals surface area contributed by atoms with Gasteiger partial charge in [0.1, 0.15) is 11.7 Å². The molecule has 1 aliphatic rings. The number of benzene rings is 3. The van der Waals surface area contributed by atoms with Gasteiger partial charge in [0.15, 0.2) is 6.20 Å². The Balaban J connectivity index is 1.60. The van der Waals surface area contributed by atoms with E-state index in [2.05, 4.69) is 44.2 Å². The van der Waals surface area contributed by atoms with Gasteiger partial charge in [0.05, 0.1) is 5.56 Å². The molecule has 35 heavy (non-hydrogen) atoms. The van der Waals surface area contributed by atoms with Crippen molar-refractivity contribution in [1.82, 2.24) is 0 Å². The zero-order valence-electron chi connectivity index (χ0n) is 27.9. The van der Waals surface area contributed by atoms with E-state index in [9.17, 15) is 1.37 Å². The summed E-state index contributed by atoms with van der Waals surface area (Å²) >= 11 is 1.57. The van der Waals surface area contributed by atoms with Gasteiger partial charge in [-0.2, -0.15) is 4.57 Å². The Kier molecular flexibility index (Phi) is 3.76. The highest BCUT2D eigenvalue weighted by molar-refractivity contribution is 7.26. The van der Waals surface area contributed by atoms with Crippen molar-refractivity contribution in [3.8, 4) is 11.3 Å². The summed E-state index contributed by atoms with van der Waals surface area (Å²) in [5.74, 6) is -0.613. The van der Waals surface area contributed by atoms with Crippen LogP contribution in [-0.4, -0.2) is 0 Å². The van der Waals surface area contributed by atoms with Crippen LogP contribution in [0, 0.1) is 26.0 Å². The van der Waals surface area contributed by atoms with E-state index in [1.54, 1.807) is 29.7 Å². The second kappa shape index (κ2) is 8.17. The molecule has 5 aromatic rings. The lowest BCUT2D eigenvalue weighted by Gasteiger charge is -2.34. The lowest BCUT2D eigenvalue weighted by molar-refractivity contribution is -0.659. The minimum Gasteiger partial charge on any atom is -0.200 e. The second-order valence-corrected chi connectivity index (χ2v) is 12.1. The van der Waals surface area contributed by atoms with E-state index in [0.29, 0.717) is 5.56 Å². The summed E-state index contributed by atoms with van der Waals surface area (Å²) in [4.78, 5) is 0. The molecule has 1 saturated carbocycles. The van der Waals surface area contributed by atoms with Gasteiger partial charge < -0.3 is 0 Å². The number of hydrogen-bond acceptors (Lipinski definition) is 1. The molecule has 0 amide bonds. The van der Waals surface area contributed by atoms with Crippen LogP contribution in [0.5, 0.6) is 0 Å². The monoisotopic (exact) mass is 485 g/mol. The molecule has 6 rings (SSSR count). The van der Waals surface area contributed by atoms with E-state index in [-0.39, 0.29) is 11.0 Å².